The predicted octanol–water partition coefficient (Wildman–Crippen LogP) is 2.71. The number of nitrogens with zero attached hydrogens (tertiary/aromatic N) is 2. The van der Waals surface area contributed by atoms with Crippen LogP contribution in [0.25, 0.3) is 0 Å². The summed E-state index contributed by atoms with van der Waals surface area (Å²) in [6, 6.07) is 10.8. The molecule has 0 bridgehead atoms. The summed E-state index contributed by atoms with van der Waals surface area (Å²) in [5, 5.41) is 0. The number of carbonyl (C=O) groups is 1. The minimum absolute atomic E-state index is 0.348. The fourth-order valence-corrected chi connectivity index (χ4v) is 3.66. The summed E-state index contributed by atoms with van der Waals surface area (Å²) in [5.41, 5.74) is 1.26. The van der Waals surface area contributed by atoms with Crippen molar-refractivity contribution >= 4 is 5.91 Å². The molecule has 0 spiro atoms. The molecule has 2 aliphatic heterocycles. The minimum atomic E-state index is 0.348. The maximum Gasteiger partial charge on any atom is 0.223 e. The molecule has 0 aliphatic carbocycles. The van der Waals surface area contributed by atoms with E-state index in [1.165, 1.54) is 44.3 Å². The molecule has 3 heteroatoms. The van der Waals surface area contributed by atoms with Gasteiger partial charge in [-0.05, 0) is 50.8 Å². The monoisotopic (exact) mass is 286 g/mol. The summed E-state index contributed by atoms with van der Waals surface area (Å²) in [6.07, 6.45) is 6.54. The van der Waals surface area contributed by atoms with Crippen LogP contribution >= 0.6 is 0 Å². The van der Waals surface area contributed by atoms with E-state index in [4.69, 9.17) is 0 Å². The molecule has 1 aromatic rings. The van der Waals surface area contributed by atoms with Crippen LogP contribution in [0, 0.1) is 0 Å². The normalized spacial score (nSPS) is 22.9. The summed E-state index contributed by atoms with van der Waals surface area (Å²) in [6.45, 7) is 4.51. The molecule has 2 fully saturated rings. The van der Waals surface area contributed by atoms with Crippen LogP contribution in [0.1, 0.15) is 37.7 Å². The largest absolute Gasteiger partial charge is 0.338 e. The fourth-order valence-electron chi connectivity index (χ4n) is 3.66. The van der Waals surface area contributed by atoms with Crippen LogP contribution in [0.4, 0.5) is 0 Å². The van der Waals surface area contributed by atoms with Crippen molar-refractivity contribution in [3.05, 3.63) is 35.9 Å². The fraction of sp³-hybridized carbons (Fsp3) is 0.611. The van der Waals surface area contributed by atoms with Crippen molar-refractivity contribution in [3.63, 3.8) is 0 Å². The molecule has 1 amide bonds. The van der Waals surface area contributed by atoms with Crippen LogP contribution in [0.3, 0.4) is 0 Å². The van der Waals surface area contributed by atoms with Gasteiger partial charge in [0, 0.05) is 25.6 Å². The Bertz CT molecular complexity index is 454. The van der Waals surface area contributed by atoms with Crippen LogP contribution in [-0.4, -0.2) is 47.9 Å². The molecule has 2 saturated heterocycles. The highest BCUT2D eigenvalue weighted by Crippen LogP contribution is 2.21. The number of carbonyl (C=O) groups excluding carboxylic acids is 1. The molecule has 0 aromatic heterocycles. The summed E-state index contributed by atoms with van der Waals surface area (Å²) in [5.74, 6) is 0.348. The molecular weight excluding hydrogens is 260 g/mol. The highest BCUT2D eigenvalue weighted by atomic mass is 16.2. The van der Waals surface area contributed by atoms with Crippen molar-refractivity contribution < 1.29 is 4.79 Å². The van der Waals surface area contributed by atoms with Crippen LogP contribution < -0.4 is 0 Å². The first-order chi connectivity index (χ1) is 10.3. The average molecular weight is 286 g/mol. The van der Waals surface area contributed by atoms with Gasteiger partial charge in [-0.2, -0.15) is 0 Å². The molecule has 2 aliphatic rings. The van der Waals surface area contributed by atoms with Gasteiger partial charge in [-0.25, -0.2) is 0 Å². The summed E-state index contributed by atoms with van der Waals surface area (Å²) >= 11 is 0. The quantitative estimate of drug-likeness (QED) is 0.831. The number of rotatable bonds is 5. The zero-order valence-corrected chi connectivity index (χ0v) is 12.8. The third kappa shape index (κ3) is 3.85. The van der Waals surface area contributed by atoms with E-state index < -0.39 is 0 Å². The topological polar surface area (TPSA) is 23.6 Å². The van der Waals surface area contributed by atoms with E-state index in [0.29, 0.717) is 18.4 Å². The lowest BCUT2D eigenvalue weighted by Gasteiger charge is -2.28. The molecule has 1 atom stereocenters. The van der Waals surface area contributed by atoms with Gasteiger partial charge in [0.15, 0.2) is 0 Å². The molecule has 2 heterocycles. The van der Waals surface area contributed by atoms with Crippen molar-refractivity contribution in [3.8, 4) is 0 Å². The maximum absolute atomic E-state index is 12.5. The second-order valence-electron chi connectivity index (χ2n) is 6.38. The molecule has 114 valence electrons. The van der Waals surface area contributed by atoms with E-state index in [9.17, 15) is 4.79 Å². The molecule has 0 saturated carbocycles. The summed E-state index contributed by atoms with van der Waals surface area (Å²) < 4.78 is 0. The molecular formula is C18H26N2O. The molecule has 1 unspecified atom stereocenters. The van der Waals surface area contributed by atoms with Crippen LogP contribution in [-0.2, 0) is 11.2 Å². The van der Waals surface area contributed by atoms with Crippen molar-refractivity contribution in [2.75, 3.05) is 26.2 Å². The van der Waals surface area contributed by atoms with Gasteiger partial charge in [-0.3, -0.25) is 4.79 Å². The lowest BCUT2D eigenvalue weighted by molar-refractivity contribution is -0.132. The standard InChI is InChI=1S/C18H26N2O/c21-18(11-10-16-7-2-1-3-8-16)20-14-6-9-17(20)15-19-12-4-5-13-19/h1-3,7-8,17H,4-6,9-15H2. The Morgan fingerprint density at radius 2 is 1.81 bits per heavy atom. The lowest BCUT2D eigenvalue weighted by atomic mass is 10.1. The Morgan fingerprint density at radius 1 is 1.05 bits per heavy atom. The minimum Gasteiger partial charge on any atom is -0.338 e. The Labute approximate surface area is 127 Å². The molecule has 0 N–H and O–H groups in total. The summed E-state index contributed by atoms with van der Waals surface area (Å²) in [7, 11) is 0. The van der Waals surface area contributed by atoms with Crippen molar-refractivity contribution in [1.29, 1.82) is 0 Å². The first-order valence-electron chi connectivity index (χ1n) is 8.39. The van der Waals surface area contributed by atoms with Gasteiger partial charge in [0.1, 0.15) is 0 Å². The van der Waals surface area contributed by atoms with Crippen molar-refractivity contribution in [1.82, 2.24) is 9.80 Å². The smallest absolute Gasteiger partial charge is 0.223 e. The Morgan fingerprint density at radius 3 is 2.57 bits per heavy atom. The Hall–Kier alpha value is -1.35. The van der Waals surface area contributed by atoms with Crippen molar-refractivity contribution in [2.45, 2.75) is 44.6 Å². The van der Waals surface area contributed by atoms with Gasteiger partial charge in [0.2, 0.25) is 5.91 Å². The third-order valence-electron chi connectivity index (χ3n) is 4.84. The highest BCUT2D eigenvalue weighted by Gasteiger charge is 2.30. The van der Waals surface area contributed by atoms with Gasteiger partial charge in [-0.1, -0.05) is 30.3 Å². The SMILES string of the molecule is O=C(CCc1ccccc1)N1CCCC1CN1CCCC1. The van der Waals surface area contributed by atoms with Crippen molar-refractivity contribution in [2.24, 2.45) is 0 Å². The first kappa shape index (κ1) is 14.6. The van der Waals surface area contributed by atoms with Gasteiger partial charge in [0.25, 0.3) is 0 Å². The zero-order valence-electron chi connectivity index (χ0n) is 12.8. The summed E-state index contributed by atoms with van der Waals surface area (Å²) in [4.78, 5) is 17.2. The highest BCUT2D eigenvalue weighted by molar-refractivity contribution is 5.77. The van der Waals surface area contributed by atoms with E-state index in [-0.39, 0.29) is 0 Å². The maximum atomic E-state index is 12.5. The number of hydrogen-bond donors (Lipinski definition) is 0. The number of hydrogen-bond acceptors (Lipinski definition) is 2. The number of amides is 1. The van der Waals surface area contributed by atoms with E-state index in [2.05, 4.69) is 21.9 Å². The van der Waals surface area contributed by atoms with Gasteiger partial charge in [0.05, 0.1) is 0 Å². The molecule has 1 aromatic carbocycles. The van der Waals surface area contributed by atoms with Crippen LogP contribution in [0.5, 0.6) is 0 Å². The number of aryl methyl sites for hydroxylation is 1. The Balaban J connectivity index is 1.50. The zero-order chi connectivity index (χ0) is 14.5. The van der Waals surface area contributed by atoms with Crippen LogP contribution in [0.2, 0.25) is 0 Å². The average Bonchev–Trinajstić information content (AvgIpc) is 3.18. The molecule has 0 radical (unpaired) electrons. The molecule has 3 nitrogen and oxygen atoms in total. The molecule has 21 heavy (non-hydrogen) atoms. The van der Waals surface area contributed by atoms with E-state index >= 15 is 0 Å². The van der Waals surface area contributed by atoms with Gasteiger partial charge < -0.3 is 9.80 Å². The van der Waals surface area contributed by atoms with Crippen LogP contribution in [0.15, 0.2) is 30.3 Å². The van der Waals surface area contributed by atoms with Gasteiger partial charge >= 0.3 is 0 Å². The third-order valence-corrected chi connectivity index (χ3v) is 4.84. The number of likely N-dealkylation sites (tertiary alicyclic amines) is 2. The van der Waals surface area contributed by atoms with E-state index in [1.54, 1.807) is 0 Å². The van der Waals surface area contributed by atoms with Gasteiger partial charge in [-0.15, -0.1) is 0 Å². The lowest BCUT2D eigenvalue weighted by Crippen LogP contribution is -2.42. The van der Waals surface area contributed by atoms with E-state index in [0.717, 1.165) is 19.5 Å². The molecule has 3 rings (SSSR count). The second kappa shape index (κ2) is 7.08. The predicted molar refractivity (Wildman–Crippen MR) is 85.2 cm³/mol. The van der Waals surface area contributed by atoms with E-state index in [1.807, 2.05) is 18.2 Å². The number of benzene rings is 1. The first-order valence-corrected chi connectivity index (χ1v) is 8.39. The second-order valence-corrected chi connectivity index (χ2v) is 6.38. The Kier molecular flexibility index (Phi) is 4.91.